The number of benzene rings is 1. The molecule has 86 valence electrons. The predicted molar refractivity (Wildman–Crippen MR) is 68.8 cm³/mol. The van der Waals surface area contributed by atoms with Crippen LogP contribution in [0.2, 0.25) is 5.02 Å². The highest BCUT2D eigenvalue weighted by molar-refractivity contribution is 9.10. The zero-order chi connectivity index (χ0) is 11.5. The molecule has 0 aliphatic carbocycles. The molecule has 1 amide bonds. The number of hydrogen-bond donors (Lipinski definition) is 2. The van der Waals surface area contributed by atoms with Crippen molar-refractivity contribution in [3.63, 3.8) is 0 Å². The van der Waals surface area contributed by atoms with Gasteiger partial charge >= 0.3 is 0 Å². The number of rotatable bonds is 2. The summed E-state index contributed by atoms with van der Waals surface area (Å²) in [4.78, 5) is 11.8. The summed E-state index contributed by atoms with van der Waals surface area (Å²) in [5.41, 5.74) is 0.714. The van der Waals surface area contributed by atoms with Crippen molar-refractivity contribution in [3.05, 3.63) is 27.7 Å². The standard InChI is InChI=1S/C11H12BrClN2O/c12-10-7(13)3-1-4-8(10)15-11(16)9-5-2-6-14-9/h1,3-4,9,14H,2,5-6H2,(H,15,16)/t9-/m0/s1. The van der Waals surface area contributed by atoms with E-state index in [2.05, 4.69) is 26.6 Å². The number of hydrogen-bond acceptors (Lipinski definition) is 2. The molecule has 5 heteroatoms. The van der Waals surface area contributed by atoms with E-state index in [9.17, 15) is 4.79 Å². The summed E-state index contributed by atoms with van der Waals surface area (Å²) >= 11 is 9.29. The van der Waals surface area contributed by atoms with E-state index in [1.165, 1.54) is 0 Å². The Morgan fingerprint density at radius 1 is 1.56 bits per heavy atom. The molecule has 0 aromatic heterocycles. The molecule has 0 bridgehead atoms. The third-order valence-electron chi connectivity index (χ3n) is 2.59. The van der Waals surface area contributed by atoms with Gasteiger partial charge in [0.1, 0.15) is 0 Å². The molecule has 1 fully saturated rings. The second kappa shape index (κ2) is 5.17. The van der Waals surface area contributed by atoms with Crippen LogP contribution in [-0.4, -0.2) is 18.5 Å². The molecule has 0 saturated carbocycles. The predicted octanol–water partition coefficient (Wildman–Crippen LogP) is 2.79. The number of halogens is 2. The highest BCUT2D eigenvalue weighted by atomic mass is 79.9. The third-order valence-corrected chi connectivity index (χ3v) is 3.98. The zero-order valence-electron chi connectivity index (χ0n) is 8.59. The fourth-order valence-electron chi connectivity index (χ4n) is 1.73. The van der Waals surface area contributed by atoms with Crippen molar-refractivity contribution in [2.45, 2.75) is 18.9 Å². The van der Waals surface area contributed by atoms with Crippen molar-refractivity contribution in [1.29, 1.82) is 0 Å². The normalized spacial score (nSPS) is 19.8. The highest BCUT2D eigenvalue weighted by Gasteiger charge is 2.22. The van der Waals surface area contributed by atoms with Crippen LogP contribution >= 0.6 is 27.5 Å². The molecule has 1 aromatic carbocycles. The van der Waals surface area contributed by atoms with Gasteiger partial charge in [-0.15, -0.1) is 0 Å². The van der Waals surface area contributed by atoms with Crippen LogP contribution in [0.25, 0.3) is 0 Å². The van der Waals surface area contributed by atoms with Gasteiger partial charge in [-0.05, 0) is 47.4 Å². The Morgan fingerprint density at radius 2 is 2.38 bits per heavy atom. The Kier molecular flexibility index (Phi) is 3.84. The molecule has 1 aliphatic heterocycles. The third kappa shape index (κ3) is 2.56. The van der Waals surface area contributed by atoms with Gasteiger partial charge in [0.05, 0.1) is 21.2 Å². The molecule has 16 heavy (non-hydrogen) atoms. The van der Waals surface area contributed by atoms with Crippen LogP contribution in [0.4, 0.5) is 5.69 Å². The van der Waals surface area contributed by atoms with E-state index in [1.807, 2.05) is 12.1 Å². The van der Waals surface area contributed by atoms with Crippen molar-refractivity contribution >= 4 is 39.1 Å². The maximum atomic E-state index is 11.8. The zero-order valence-corrected chi connectivity index (χ0v) is 10.9. The highest BCUT2D eigenvalue weighted by Crippen LogP contribution is 2.30. The van der Waals surface area contributed by atoms with Crippen LogP contribution in [-0.2, 0) is 4.79 Å². The smallest absolute Gasteiger partial charge is 0.241 e. The fourth-order valence-corrected chi connectivity index (χ4v) is 2.27. The summed E-state index contributed by atoms with van der Waals surface area (Å²) < 4.78 is 0.725. The lowest BCUT2D eigenvalue weighted by Crippen LogP contribution is -2.35. The van der Waals surface area contributed by atoms with Crippen molar-refractivity contribution in [2.24, 2.45) is 0 Å². The molecule has 1 atom stereocenters. The van der Waals surface area contributed by atoms with Crippen molar-refractivity contribution in [2.75, 3.05) is 11.9 Å². The number of nitrogens with one attached hydrogen (secondary N) is 2. The first-order valence-electron chi connectivity index (χ1n) is 5.17. The molecule has 1 aliphatic rings. The Bertz CT molecular complexity index is 405. The van der Waals surface area contributed by atoms with E-state index in [-0.39, 0.29) is 11.9 Å². The minimum absolute atomic E-state index is 0.000432. The maximum Gasteiger partial charge on any atom is 0.241 e. The topological polar surface area (TPSA) is 41.1 Å². The number of amides is 1. The Hall–Kier alpha value is -0.580. The van der Waals surface area contributed by atoms with Gasteiger partial charge in [0.15, 0.2) is 0 Å². The minimum atomic E-state index is -0.0779. The number of carbonyl (C=O) groups excluding carboxylic acids is 1. The van der Waals surface area contributed by atoms with Crippen molar-refractivity contribution in [1.82, 2.24) is 5.32 Å². The Balaban J connectivity index is 2.08. The molecule has 3 nitrogen and oxygen atoms in total. The van der Waals surface area contributed by atoms with Crippen LogP contribution in [0.5, 0.6) is 0 Å². The van der Waals surface area contributed by atoms with Crippen LogP contribution in [0.1, 0.15) is 12.8 Å². The monoisotopic (exact) mass is 302 g/mol. The molecule has 1 aromatic rings. The van der Waals surface area contributed by atoms with E-state index in [0.29, 0.717) is 10.7 Å². The van der Waals surface area contributed by atoms with E-state index >= 15 is 0 Å². The molecule has 1 heterocycles. The lowest BCUT2D eigenvalue weighted by Gasteiger charge is -2.12. The lowest BCUT2D eigenvalue weighted by molar-refractivity contribution is -0.117. The number of anilines is 1. The van der Waals surface area contributed by atoms with Gasteiger partial charge < -0.3 is 10.6 Å². The van der Waals surface area contributed by atoms with Gasteiger partial charge in [0, 0.05) is 0 Å². The Morgan fingerprint density at radius 3 is 3.06 bits per heavy atom. The Labute approximate surface area is 108 Å². The van der Waals surface area contributed by atoms with E-state index < -0.39 is 0 Å². The van der Waals surface area contributed by atoms with Crippen LogP contribution in [0.3, 0.4) is 0 Å². The molecular formula is C11H12BrClN2O. The minimum Gasteiger partial charge on any atom is -0.324 e. The van der Waals surface area contributed by atoms with Crippen LogP contribution in [0.15, 0.2) is 22.7 Å². The summed E-state index contributed by atoms with van der Waals surface area (Å²) in [6.07, 6.45) is 1.94. The summed E-state index contributed by atoms with van der Waals surface area (Å²) in [7, 11) is 0. The quantitative estimate of drug-likeness (QED) is 0.882. The van der Waals surface area contributed by atoms with Crippen molar-refractivity contribution < 1.29 is 4.79 Å². The largest absolute Gasteiger partial charge is 0.324 e. The van der Waals surface area contributed by atoms with Gasteiger partial charge in [-0.1, -0.05) is 17.7 Å². The second-order valence-electron chi connectivity index (χ2n) is 3.74. The molecule has 0 unspecified atom stereocenters. The summed E-state index contributed by atoms with van der Waals surface area (Å²) in [6.45, 7) is 0.912. The SMILES string of the molecule is O=C(Nc1cccc(Cl)c1Br)[C@@H]1CCCN1. The second-order valence-corrected chi connectivity index (χ2v) is 4.94. The lowest BCUT2D eigenvalue weighted by atomic mass is 10.2. The summed E-state index contributed by atoms with van der Waals surface area (Å²) in [5.74, 6) is 0.000432. The molecule has 2 rings (SSSR count). The molecule has 2 N–H and O–H groups in total. The van der Waals surface area contributed by atoms with Gasteiger partial charge in [-0.25, -0.2) is 0 Å². The molecule has 0 spiro atoms. The molecule has 0 radical (unpaired) electrons. The van der Waals surface area contributed by atoms with E-state index in [1.54, 1.807) is 6.07 Å². The van der Waals surface area contributed by atoms with E-state index in [4.69, 9.17) is 11.6 Å². The fraction of sp³-hybridized carbons (Fsp3) is 0.364. The van der Waals surface area contributed by atoms with Crippen LogP contribution < -0.4 is 10.6 Å². The summed E-state index contributed by atoms with van der Waals surface area (Å²) in [5, 5.41) is 6.61. The van der Waals surface area contributed by atoms with Gasteiger partial charge in [0.25, 0.3) is 0 Å². The molecular weight excluding hydrogens is 291 g/mol. The average Bonchev–Trinajstić information content (AvgIpc) is 2.78. The maximum absolute atomic E-state index is 11.8. The first-order chi connectivity index (χ1) is 7.68. The average molecular weight is 304 g/mol. The first kappa shape index (κ1) is 11.9. The van der Waals surface area contributed by atoms with E-state index in [0.717, 1.165) is 23.9 Å². The molecule has 1 saturated heterocycles. The van der Waals surface area contributed by atoms with Gasteiger partial charge in [-0.3, -0.25) is 4.79 Å². The van der Waals surface area contributed by atoms with Crippen molar-refractivity contribution in [3.8, 4) is 0 Å². The van der Waals surface area contributed by atoms with Gasteiger partial charge in [-0.2, -0.15) is 0 Å². The van der Waals surface area contributed by atoms with Crippen LogP contribution in [0, 0.1) is 0 Å². The van der Waals surface area contributed by atoms with Gasteiger partial charge in [0.2, 0.25) is 5.91 Å². The summed E-state index contributed by atoms with van der Waals surface area (Å²) in [6, 6.07) is 5.33. The number of carbonyl (C=O) groups is 1. The first-order valence-corrected chi connectivity index (χ1v) is 6.34.